The van der Waals surface area contributed by atoms with Gasteiger partial charge in [-0.25, -0.2) is 5.43 Å². The van der Waals surface area contributed by atoms with Crippen molar-refractivity contribution in [2.24, 2.45) is 5.10 Å². The van der Waals surface area contributed by atoms with Crippen molar-refractivity contribution in [3.8, 4) is 11.5 Å². The smallest absolute Gasteiger partial charge is 0.271 e. The van der Waals surface area contributed by atoms with Gasteiger partial charge in [0, 0.05) is 5.56 Å². The van der Waals surface area contributed by atoms with Crippen LogP contribution in [0.15, 0.2) is 35.4 Å². The maximum atomic E-state index is 12.4. The van der Waals surface area contributed by atoms with E-state index < -0.39 is 0 Å². The summed E-state index contributed by atoms with van der Waals surface area (Å²) in [5, 5.41) is 4.43. The number of hydrazone groups is 1. The summed E-state index contributed by atoms with van der Waals surface area (Å²) in [6, 6.07) is 8.63. The number of nitrogens with one attached hydrogen (secondary N) is 3. The van der Waals surface area contributed by atoms with Gasteiger partial charge in [-0.15, -0.1) is 0 Å². The number of aromatic nitrogens is 2. The Hall–Kier alpha value is -2.84. The SMILES string of the molecule is CCOc1cc(/C=N\NC(=O)c2ccc3[nH]c(=S)[nH]c3c2)cc(Cl)c1OC(C)C. The minimum Gasteiger partial charge on any atom is -0.490 e. The summed E-state index contributed by atoms with van der Waals surface area (Å²) in [5.41, 5.74) is 5.20. The number of rotatable bonds is 7. The minimum atomic E-state index is -0.348. The molecule has 3 aromatic rings. The van der Waals surface area contributed by atoms with E-state index in [0.29, 0.717) is 39.0 Å². The maximum Gasteiger partial charge on any atom is 0.271 e. The van der Waals surface area contributed by atoms with Crippen LogP contribution in [0.25, 0.3) is 11.0 Å². The molecule has 29 heavy (non-hydrogen) atoms. The van der Waals surface area contributed by atoms with Crippen molar-refractivity contribution in [1.29, 1.82) is 0 Å². The highest BCUT2D eigenvalue weighted by Crippen LogP contribution is 2.37. The average molecular weight is 433 g/mol. The summed E-state index contributed by atoms with van der Waals surface area (Å²) >= 11 is 11.4. The zero-order valence-corrected chi connectivity index (χ0v) is 17.8. The molecule has 3 rings (SSSR count). The predicted molar refractivity (Wildman–Crippen MR) is 117 cm³/mol. The van der Waals surface area contributed by atoms with Gasteiger partial charge in [0.1, 0.15) is 0 Å². The number of imidazole rings is 1. The number of carbonyl (C=O) groups excluding carboxylic acids is 1. The minimum absolute atomic E-state index is 0.0446. The molecule has 1 amide bonds. The first-order valence-electron chi connectivity index (χ1n) is 9.05. The molecule has 0 saturated carbocycles. The normalized spacial score (nSPS) is 11.3. The number of hydrogen-bond donors (Lipinski definition) is 3. The molecule has 0 aliphatic rings. The van der Waals surface area contributed by atoms with Crippen molar-refractivity contribution in [1.82, 2.24) is 15.4 Å². The zero-order chi connectivity index (χ0) is 21.0. The van der Waals surface area contributed by atoms with Gasteiger partial charge < -0.3 is 19.4 Å². The second kappa shape index (κ2) is 9.11. The van der Waals surface area contributed by atoms with Gasteiger partial charge >= 0.3 is 0 Å². The van der Waals surface area contributed by atoms with Crippen LogP contribution in [0, 0.1) is 4.77 Å². The van der Waals surface area contributed by atoms with Crippen molar-refractivity contribution in [2.45, 2.75) is 26.9 Å². The van der Waals surface area contributed by atoms with Crippen LogP contribution < -0.4 is 14.9 Å². The molecule has 1 aromatic heterocycles. The fourth-order valence-corrected chi connectivity index (χ4v) is 3.16. The van der Waals surface area contributed by atoms with Gasteiger partial charge in [-0.1, -0.05) is 11.6 Å². The van der Waals surface area contributed by atoms with E-state index in [-0.39, 0.29) is 12.0 Å². The monoisotopic (exact) mass is 432 g/mol. The second-order valence-electron chi connectivity index (χ2n) is 6.47. The van der Waals surface area contributed by atoms with Crippen LogP contribution in [0.1, 0.15) is 36.7 Å². The first-order chi connectivity index (χ1) is 13.9. The van der Waals surface area contributed by atoms with Gasteiger partial charge in [-0.3, -0.25) is 4.79 Å². The van der Waals surface area contributed by atoms with Gasteiger partial charge in [-0.2, -0.15) is 5.10 Å². The quantitative estimate of drug-likeness (QED) is 0.283. The Bertz CT molecular complexity index is 1120. The van der Waals surface area contributed by atoms with Crippen LogP contribution in [0.5, 0.6) is 11.5 Å². The summed E-state index contributed by atoms with van der Waals surface area (Å²) in [7, 11) is 0. The van der Waals surface area contributed by atoms with Crippen LogP contribution >= 0.6 is 23.8 Å². The average Bonchev–Trinajstić information content (AvgIpc) is 3.03. The second-order valence-corrected chi connectivity index (χ2v) is 7.28. The molecule has 0 aliphatic heterocycles. The van der Waals surface area contributed by atoms with Gasteiger partial charge in [0.15, 0.2) is 16.3 Å². The molecular formula is C20H21ClN4O3S. The van der Waals surface area contributed by atoms with Crippen LogP contribution in [0.2, 0.25) is 5.02 Å². The van der Waals surface area contributed by atoms with Crippen LogP contribution in [0.3, 0.4) is 0 Å². The summed E-state index contributed by atoms with van der Waals surface area (Å²) < 4.78 is 11.9. The van der Waals surface area contributed by atoms with E-state index in [4.69, 9.17) is 33.3 Å². The first-order valence-corrected chi connectivity index (χ1v) is 9.84. The number of hydrogen-bond acceptors (Lipinski definition) is 5. The first kappa shape index (κ1) is 20.9. The summed E-state index contributed by atoms with van der Waals surface area (Å²) in [6.07, 6.45) is 1.45. The van der Waals surface area contributed by atoms with Crippen molar-refractivity contribution in [2.75, 3.05) is 6.61 Å². The van der Waals surface area contributed by atoms with E-state index in [2.05, 4.69) is 20.5 Å². The third-order valence-electron chi connectivity index (χ3n) is 3.84. The van der Waals surface area contributed by atoms with E-state index in [9.17, 15) is 4.79 Å². The Kier molecular flexibility index (Phi) is 6.56. The molecule has 0 saturated heterocycles. The molecule has 1 heterocycles. The number of carbonyl (C=O) groups is 1. The lowest BCUT2D eigenvalue weighted by Crippen LogP contribution is -2.17. The van der Waals surface area contributed by atoms with Crippen LogP contribution in [-0.4, -0.2) is 34.8 Å². The lowest BCUT2D eigenvalue weighted by Gasteiger charge is -2.16. The number of halogens is 1. The highest BCUT2D eigenvalue weighted by atomic mass is 35.5. The summed E-state index contributed by atoms with van der Waals surface area (Å²) in [6.45, 7) is 6.17. The topological polar surface area (TPSA) is 91.5 Å². The highest BCUT2D eigenvalue weighted by molar-refractivity contribution is 7.71. The van der Waals surface area contributed by atoms with E-state index in [0.717, 1.165) is 11.0 Å². The molecule has 0 atom stereocenters. The number of benzene rings is 2. The fourth-order valence-electron chi connectivity index (χ4n) is 2.68. The molecule has 9 heteroatoms. The highest BCUT2D eigenvalue weighted by Gasteiger charge is 2.13. The number of amides is 1. The third-order valence-corrected chi connectivity index (χ3v) is 4.33. The number of fused-ring (bicyclic) bond motifs is 1. The lowest BCUT2D eigenvalue weighted by molar-refractivity contribution is 0.0955. The molecule has 152 valence electrons. The molecular weight excluding hydrogens is 412 g/mol. The molecule has 0 fully saturated rings. The number of H-pyrrole nitrogens is 2. The number of nitrogens with zero attached hydrogens (tertiary/aromatic N) is 1. The van der Waals surface area contributed by atoms with E-state index in [1.807, 2.05) is 20.8 Å². The summed E-state index contributed by atoms with van der Waals surface area (Å²) in [5.74, 6) is 0.663. The Morgan fingerprint density at radius 3 is 2.76 bits per heavy atom. The number of ether oxygens (including phenoxy) is 2. The Balaban J connectivity index is 1.76. The van der Waals surface area contributed by atoms with Crippen molar-refractivity contribution >= 4 is 47.0 Å². The largest absolute Gasteiger partial charge is 0.490 e. The van der Waals surface area contributed by atoms with E-state index in [1.165, 1.54) is 6.21 Å². The van der Waals surface area contributed by atoms with E-state index >= 15 is 0 Å². The maximum absolute atomic E-state index is 12.4. The molecule has 7 nitrogen and oxygen atoms in total. The zero-order valence-electron chi connectivity index (χ0n) is 16.2. The van der Waals surface area contributed by atoms with Crippen molar-refractivity contribution < 1.29 is 14.3 Å². The van der Waals surface area contributed by atoms with Crippen molar-refractivity contribution in [3.63, 3.8) is 0 Å². The van der Waals surface area contributed by atoms with Crippen LogP contribution in [-0.2, 0) is 0 Å². The van der Waals surface area contributed by atoms with Gasteiger partial charge in [0.25, 0.3) is 5.91 Å². The van der Waals surface area contributed by atoms with Gasteiger partial charge in [0.2, 0.25) is 0 Å². The molecule has 0 radical (unpaired) electrons. The Morgan fingerprint density at radius 1 is 1.28 bits per heavy atom. The standard InChI is InChI=1S/C20H21ClN4O3S/c1-4-27-17-8-12(7-14(21)18(17)28-11(2)3)10-22-25-19(26)13-5-6-15-16(9-13)24-20(29)23-15/h5-11H,4H2,1-3H3,(H,25,26)(H2,23,24,29)/b22-10-. The molecule has 0 aliphatic carbocycles. The third kappa shape index (κ3) is 5.16. The Morgan fingerprint density at radius 2 is 2.03 bits per heavy atom. The molecule has 2 aromatic carbocycles. The predicted octanol–water partition coefficient (Wildman–Crippen LogP) is 4.83. The van der Waals surface area contributed by atoms with Gasteiger partial charge in [-0.05, 0) is 68.9 Å². The van der Waals surface area contributed by atoms with Gasteiger partial charge in [0.05, 0.1) is 35.0 Å². The molecule has 0 unspecified atom stereocenters. The fraction of sp³-hybridized carbons (Fsp3) is 0.250. The van der Waals surface area contributed by atoms with E-state index in [1.54, 1.807) is 30.3 Å². The van der Waals surface area contributed by atoms with Crippen LogP contribution in [0.4, 0.5) is 0 Å². The summed E-state index contributed by atoms with van der Waals surface area (Å²) in [4.78, 5) is 18.3. The van der Waals surface area contributed by atoms with Crippen molar-refractivity contribution in [3.05, 3.63) is 51.3 Å². The molecule has 0 spiro atoms. The molecule has 3 N–H and O–H groups in total. The number of aromatic amines is 2. The Labute approximate surface area is 178 Å². The molecule has 0 bridgehead atoms. The lowest BCUT2D eigenvalue weighted by atomic mass is 10.2.